The van der Waals surface area contributed by atoms with Crippen LogP contribution in [0.15, 0.2) is 0 Å². The fourth-order valence-electron chi connectivity index (χ4n) is 0.376. The van der Waals surface area contributed by atoms with Crippen LogP contribution in [0.1, 0.15) is 0 Å². The maximum Gasteiger partial charge on any atom is 0.174 e. The second kappa shape index (κ2) is 1.98. The Morgan fingerprint density at radius 2 is 2.71 bits per heavy atom. The summed E-state index contributed by atoms with van der Waals surface area (Å²) < 4.78 is 0. The van der Waals surface area contributed by atoms with Gasteiger partial charge in [-0.25, -0.2) is 0 Å². The van der Waals surface area contributed by atoms with Crippen molar-refractivity contribution in [2.24, 2.45) is 0 Å². The van der Waals surface area contributed by atoms with E-state index in [1.807, 2.05) is 0 Å². The quantitative estimate of drug-likeness (QED) is 0.455. The van der Waals surface area contributed by atoms with Gasteiger partial charge in [0.1, 0.15) is 0 Å². The lowest BCUT2D eigenvalue weighted by Gasteiger charge is -1.95. The molecular weight excluding hydrogens is 130 g/mol. The van der Waals surface area contributed by atoms with Crippen molar-refractivity contribution in [1.29, 1.82) is 0 Å². The maximum absolute atomic E-state index is 8.66. The summed E-state index contributed by atoms with van der Waals surface area (Å²) in [5.74, 6) is 0.760. The third kappa shape index (κ3) is 1.29. The Balaban J connectivity index is 2.40. The molecule has 0 aromatic carbocycles. The van der Waals surface area contributed by atoms with Crippen molar-refractivity contribution in [3.05, 3.63) is 0 Å². The first-order valence-corrected chi connectivity index (χ1v) is 3.34. The van der Waals surface area contributed by atoms with Crippen LogP contribution >= 0.6 is 24.0 Å². The van der Waals surface area contributed by atoms with E-state index in [0.717, 1.165) is 10.7 Å². The molecule has 0 saturated carbocycles. The Bertz CT molecular complexity index is 94.9. The number of thioether (sulfide) groups is 1. The average molecular weight is 135 g/mol. The summed E-state index contributed by atoms with van der Waals surface area (Å²) in [6.07, 6.45) is 0. The number of nitrogens with one attached hydrogen (secondary N) is 1. The highest BCUT2D eigenvalue weighted by Crippen LogP contribution is 2.11. The van der Waals surface area contributed by atoms with E-state index in [0.29, 0.717) is 0 Å². The van der Waals surface area contributed by atoms with Gasteiger partial charge in [-0.1, -0.05) is 12.2 Å². The van der Waals surface area contributed by atoms with Gasteiger partial charge in [0.2, 0.25) is 0 Å². The van der Waals surface area contributed by atoms with E-state index in [2.05, 4.69) is 5.32 Å². The summed E-state index contributed by atoms with van der Waals surface area (Å²) in [5, 5.41) is 11.3. The molecule has 0 radical (unpaired) electrons. The monoisotopic (exact) mass is 135 g/mol. The van der Waals surface area contributed by atoms with E-state index in [1.165, 1.54) is 11.8 Å². The molecular formula is C3H5NOS2. The van der Waals surface area contributed by atoms with Gasteiger partial charge in [-0.3, -0.25) is 0 Å². The van der Waals surface area contributed by atoms with Crippen molar-refractivity contribution in [2.75, 3.05) is 5.75 Å². The van der Waals surface area contributed by atoms with Crippen LogP contribution in [0.5, 0.6) is 0 Å². The van der Waals surface area contributed by atoms with Gasteiger partial charge in [0.25, 0.3) is 0 Å². The Kier molecular flexibility index (Phi) is 1.51. The number of hydrogen-bond acceptors (Lipinski definition) is 3. The van der Waals surface area contributed by atoms with Crippen molar-refractivity contribution < 1.29 is 5.11 Å². The fraction of sp³-hybridized carbons (Fsp3) is 0.667. The van der Waals surface area contributed by atoms with E-state index in [1.54, 1.807) is 0 Å². The Hall–Kier alpha value is 0.200. The van der Waals surface area contributed by atoms with Crippen LogP contribution in [-0.4, -0.2) is 21.4 Å². The molecule has 1 saturated heterocycles. The van der Waals surface area contributed by atoms with Gasteiger partial charge in [-0.15, -0.1) is 11.8 Å². The molecule has 0 amide bonds. The molecule has 1 aliphatic heterocycles. The lowest BCUT2D eigenvalue weighted by molar-refractivity contribution is 0.254. The van der Waals surface area contributed by atoms with E-state index in [4.69, 9.17) is 17.3 Å². The van der Waals surface area contributed by atoms with Crippen LogP contribution in [0.2, 0.25) is 0 Å². The van der Waals surface area contributed by atoms with Gasteiger partial charge in [0.15, 0.2) is 5.56 Å². The summed E-state index contributed by atoms with van der Waals surface area (Å²) in [5.41, 5.74) is -0.451. The normalized spacial score (nSPS) is 30.4. The standard InChI is InChI=1S/C3H5NOS2/c5-3-4-2(6)1-7-3/h3,5H,1H2,(H,4,6). The van der Waals surface area contributed by atoms with Crippen molar-refractivity contribution in [1.82, 2.24) is 5.32 Å². The van der Waals surface area contributed by atoms with Crippen molar-refractivity contribution in [3.8, 4) is 0 Å². The van der Waals surface area contributed by atoms with E-state index >= 15 is 0 Å². The predicted molar refractivity (Wildman–Crippen MR) is 34.2 cm³/mol. The van der Waals surface area contributed by atoms with Crippen molar-refractivity contribution in [3.63, 3.8) is 0 Å². The first-order chi connectivity index (χ1) is 3.29. The second-order valence-electron chi connectivity index (χ2n) is 1.23. The minimum atomic E-state index is -0.451. The Morgan fingerprint density at radius 3 is 2.86 bits per heavy atom. The lowest BCUT2D eigenvalue weighted by atomic mass is 10.8. The summed E-state index contributed by atoms with van der Waals surface area (Å²) >= 11 is 6.11. The highest BCUT2D eigenvalue weighted by molar-refractivity contribution is 8.02. The molecule has 1 atom stereocenters. The zero-order valence-corrected chi connectivity index (χ0v) is 5.18. The van der Waals surface area contributed by atoms with Gasteiger partial charge in [0, 0.05) is 5.75 Å². The molecule has 1 heterocycles. The van der Waals surface area contributed by atoms with Crippen LogP contribution in [0, 0.1) is 0 Å². The maximum atomic E-state index is 8.66. The first kappa shape index (κ1) is 5.34. The molecule has 4 heteroatoms. The van der Waals surface area contributed by atoms with Crippen LogP contribution in [0.3, 0.4) is 0 Å². The topological polar surface area (TPSA) is 32.3 Å². The fourth-order valence-corrected chi connectivity index (χ4v) is 1.38. The van der Waals surface area contributed by atoms with E-state index in [9.17, 15) is 0 Å². The van der Waals surface area contributed by atoms with Gasteiger partial charge in [-0.05, 0) is 0 Å². The van der Waals surface area contributed by atoms with E-state index in [-0.39, 0.29) is 0 Å². The van der Waals surface area contributed by atoms with Gasteiger partial charge in [0.05, 0.1) is 4.99 Å². The summed E-state index contributed by atoms with van der Waals surface area (Å²) in [6, 6.07) is 0. The molecule has 40 valence electrons. The molecule has 0 spiro atoms. The second-order valence-corrected chi connectivity index (χ2v) is 2.79. The molecule has 1 unspecified atom stereocenters. The van der Waals surface area contributed by atoms with Gasteiger partial charge in [-0.2, -0.15) is 0 Å². The molecule has 0 bridgehead atoms. The number of aliphatic hydroxyl groups is 1. The molecule has 0 aromatic rings. The van der Waals surface area contributed by atoms with Gasteiger partial charge >= 0.3 is 0 Å². The number of aliphatic hydroxyl groups excluding tert-OH is 1. The number of thiocarbonyl (C=S) groups is 1. The minimum Gasteiger partial charge on any atom is -0.365 e. The third-order valence-electron chi connectivity index (χ3n) is 0.657. The zero-order valence-electron chi connectivity index (χ0n) is 3.55. The summed E-state index contributed by atoms with van der Waals surface area (Å²) in [6.45, 7) is 0. The third-order valence-corrected chi connectivity index (χ3v) is 1.99. The lowest BCUT2D eigenvalue weighted by Crippen LogP contribution is -2.22. The first-order valence-electron chi connectivity index (χ1n) is 1.88. The van der Waals surface area contributed by atoms with Crippen LogP contribution < -0.4 is 5.32 Å². The highest BCUT2D eigenvalue weighted by Gasteiger charge is 2.13. The smallest absolute Gasteiger partial charge is 0.174 e. The Labute approximate surface area is 51.3 Å². The number of rotatable bonds is 0. The average Bonchev–Trinajstić information content (AvgIpc) is 1.87. The van der Waals surface area contributed by atoms with Gasteiger partial charge < -0.3 is 10.4 Å². The largest absolute Gasteiger partial charge is 0.365 e. The van der Waals surface area contributed by atoms with Crippen LogP contribution in [0.4, 0.5) is 0 Å². The van der Waals surface area contributed by atoms with Crippen LogP contribution in [-0.2, 0) is 0 Å². The molecule has 0 aromatic heterocycles. The molecule has 1 fully saturated rings. The minimum absolute atomic E-state index is 0.451. The van der Waals surface area contributed by atoms with Crippen molar-refractivity contribution in [2.45, 2.75) is 5.56 Å². The molecule has 2 N–H and O–H groups in total. The highest BCUT2D eigenvalue weighted by atomic mass is 32.2. The molecule has 7 heavy (non-hydrogen) atoms. The molecule has 1 aliphatic rings. The number of hydrogen-bond donors (Lipinski definition) is 2. The Morgan fingerprint density at radius 1 is 2.00 bits per heavy atom. The molecule has 2 nitrogen and oxygen atoms in total. The van der Waals surface area contributed by atoms with E-state index < -0.39 is 5.56 Å². The summed E-state index contributed by atoms with van der Waals surface area (Å²) in [4.78, 5) is 0.748. The van der Waals surface area contributed by atoms with Crippen LogP contribution in [0.25, 0.3) is 0 Å². The predicted octanol–water partition coefficient (Wildman–Crippen LogP) is -0.0739. The summed E-state index contributed by atoms with van der Waals surface area (Å²) in [7, 11) is 0. The van der Waals surface area contributed by atoms with Crippen molar-refractivity contribution >= 4 is 29.0 Å². The molecule has 1 rings (SSSR count). The zero-order chi connectivity index (χ0) is 5.28. The molecule has 0 aliphatic carbocycles. The SMILES string of the molecule is OC1NC(=S)CS1.